The van der Waals surface area contributed by atoms with Gasteiger partial charge in [-0.3, -0.25) is 10.2 Å². The Balaban J connectivity index is 1.68. The third-order valence-electron chi connectivity index (χ3n) is 4.95. The number of benzene rings is 2. The molecule has 0 fully saturated rings. The number of anilines is 2. The number of hydrogen-bond acceptors (Lipinski definition) is 8. The van der Waals surface area contributed by atoms with Crippen LogP contribution in [-0.2, 0) is 16.1 Å². The van der Waals surface area contributed by atoms with Crippen molar-refractivity contribution in [1.82, 2.24) is 4.98 Å². The van der Waals surface area contributed by atoms with E-state index in [0.717, 1.165) is 22.4 Å². The van der Waals surface area contributed by atoms with Crippen LogP contribution in [-0.4, -0.2) is 37.4 Å². The summed E-state index contributed by atoms with van der Waals surface area (Å²) in [6, 6.07) is 16.8. The van der Waals surface area contributed by atoms with Gasteiger partial charge < -0.3 is 19.5 Å². The molecular formula is C27H29N5O4. The fraction of sp³-hybridized carbons (Fsp3) is 0.259. The lowest BCUT2D eigenvalue weighted by atomic mass is 10.1. The lowest BCUT2D eigenvalue weighted by Gasteiger charge is -2.13. The summed E-state index contributed by atoms with van der Waals surface area (Å²) in [4.78, 5) is 16.7. The van der Waals surface area contributed by atoms with E-state index in [1.54, 1.807) is 31.5 Å². The Kier molecular flexibility index (Phi) is 9.37. The molecule has 0 unspecified atom stereocenters. The molecule has 0 aliphatic rings. The minimum atomic E-state index is -0.273. The average Bonchev–Trinajstić information content (AvgIpc) is 2.84. The van der Waals surface area contributed by atoms with Crippen molar-refractivity contribution < 1.29 is 19.0 Å². The number of nitrogens with zero attached hydrogens (tertiary/aromatic N) is 3. The van der Waals surface area contributed by atoms with Crippen LogP contribution in [0.1, 0.15) is 34.9 Å². The molecule has 0 saturated heterocycles. The van der Waals surface area contributed by atoms with Gasteiger partial charge in [-0.05, 0) is 68.3 Å². The van der Waals surface area contributed by atoms with Gasteiger partial charge in [0.05, 0.1) is 19.4 Å². The topological polar surface area (TPSA) is 118 Å². The number of rotatable bonds is 11. The molecule has 1 amide bonds. The van der Waals surface area contributed by atoms with Crippen LogP contribution in [0.15, 0.2) is 53.6 Å². The predicted molar refractivity (Wildman–Crippen MR) is 139 cm³/mol. The molecular weight excluding hydrogens is 458 g/mol. The molecule has 0 aliphatic carbocycles. The molecule has 3 rings (SSSR count). The molecule has 9 heteroatoms. The molecule has 0 radical (unpaired) electrons. The van der Waals surface area contributed by atoms with Crippen molar-refractivity contribution in [1.29, 1.82) is 5.26 Å². The molecule has 2 aromatic carbocycles. The largest absolute Gasteiger partial charge is 0.490 e. The van der Waals surface area contributed by atoms with E-state index in [2.05, 4.69) is 26.9 Å². The molecule has 0 atom stereocenters. The van der Waals surface area contributed by atoms with Crippen molar-refractivity contribution in [2.75, 3.05) is 31.1 Å². The number of ether oxygens (including phenoxy) is 3. The first-order valence-electron chi connectivity index (χ1n) is 11.4. The monoisotopic (exact) mass is 487 g/mol. The number of hydrogen-bond donors (Lipinski definition) is 2. The van der Waals surface area contributed by atoms with E-state index in [4.69, 9.17) is 14.2 Å². The Morgan fingerprint density at radius 2 is 1.97 bits per heavy atom. The number of aryl methyl sites for hydroxylation is 2. The number of pyridine rings is 1. The summed E-state index contributed by atoms with van der Waals surface area (Å²) in [5.74, 6) is 1.01. The first-order chi connectivity index (χ1) is 17.4. The molecule has 9 nitrogen and oxygen atoms in total. The number of nitrogens with one attached hydrogen (secondary N) is 2. The van der Waals surface area contributed by atoms with Crippen molar-refractivity contribution in [3.8, 4) is 17.6 Å². The maximum atomic E-state index is 12.3. The normalized spacial score (nSPS) is 10.6. The Morgan fingerprint density at radius 3 is 2.69 bits per heavy atom. The quantitative estimate of drug-likeness (QED) is 0.300. The number of hydrazone groups is 1. The number of carbonyl (C=O) groups excluding carboxylic acids is 1. The van der Waals surface area contributed by atoms with Gasteiger partial charge in [0.1, 0.15) is 11.6 Å². The zero-order valence-corrected chi connectivity index (χ0v) is 20.8. The lowest BCUT2D eigenvalue weighted by molar-refractivity contribution is -0.118. The summed E-state index contributed by atoms with van der Waals surface area (Å²) in [5.41, 5.74) is 7.18. The fourth-order valence-electron chi connectivity index (χ4n) is 3.44. The Hall–Kier alpha value is -4.42. The van der Waals surface area contributed by atoms with Gasteiger partial charge >= 0.3 is 0 Å². The van der Waals surface area contributed by atoms with E-state index in [9.17, 15) is 10.1 Å². The van der Waals surface area contributed by atoms with Gasteiger partial charge in [-0.25, -0.2) is 4.98 Å². The fourth-order valence-corrected chi connectivity index (χ4v) is 3.44. The van der Waals surface area contributed by atoms with Crippen LogP contribution in [0.4, 0.5) is 11.5 Å². The third-order valence-corrected chi connectivity index (χ3v) is 4.95. The highest BCUT2D eigenvalue weighted by molar-refractivity contribution is 5.92. The van der Waals surface area contributed by atoms with Crippen molar-refractivity contribution in [2.24, 2.45) is 5.10 Å². The summed E-state index contributed by atoms with van der Waals surface area (Å²) in [7, 11) is 1.57. The maximum absolute atomic E-state index is 12.3. The number of carbonyl (C=O) groups is 1. The molecule has 1 heterocycles. The highest BCUT2D eigenvalue weighted by Gasteiger charge is 2.12. The predicted octanol–water partition coefficient (Wildman–Crippen LogP) is 4.58. The second-order valence-corrected chi connectivity index (χ2v) is 7.91. The Labute approximate surface area is 210 Å². The van der Waals surface area contributed by atoms with Gasteiger partial charge in [0.2, 0.25) is 0 Å². The van der Waals surface area contributed by atoms with Crippen molar-refractivity contribution in [3.63, 3.8) is 0 Å². The highest BCUT2D eigenvalue weighted by atomic mass is 16.5. The first kappa shape index (κ1) is 26.2. The molecule has 2 N–H and O–H groups in total. The first-order valence-corrected chi connectivity index (χ1v) is 11.4. The Bertz CT molecular complexity index is 1280. The van der Waals surface area contributed by atoms with Crippen molar-refractivity contribution in [3.05, 3.63) is 76.5 Å². The minimum Gasteiger partial charge on any atom is -0.490 e. The summed E-state index contributed by atoms with van der Waals surface area (Å²) in [5, 5.41) is 16.6. The van der Waals surface area contributed by atoms with Crippen LogP contribution in [0, 0.1) is 25.2 Å². The van der Waals surface area contributed by atoms with Gasteiger partial charge in [-0.2, -0.15) is 10.4 Å². The van der Waals surface area contributed by atoms with Crippen LogP contribution in [0.25, 0.3) is 0 Å². The summed E-state index contributed by atoms with van der Waals surface area (Å²) in [6.07, 6.45) is 1.58. The standard InChI is InChI=1S/C27H29N5O4/c1-5-35-25-13-20(15-29-32-27-23(14-28)21(16-34-4)12-19(3)30-27)9-10-24(25)36-17-26(33)31-22-8-6-7-18(2)11-22/h6-13,15H,5,16-17H2,1-4H3,(H,30,32)(H,31,33)/b29-15+. The maximum Gasteiger partial charge on any atom is 0.262 e. The smallest absolute Gasteiger partial charge is 0.262 e. The number of amides is 1. The van der Waals surface area contributed by atoms with Gasteiger partial charge in [0.15, 0.2) is 23.9 Å². The second kappa shape index (κ2) is 12.9. The van der Waals surface area contributed by atoms with Crippen molar-refractivity contribution in [2.45, 2.75) is 27.4 Å². The van der Waals surface area contributed by atoms with Crippen LogP contribution >= 0.6 is 0 Å². The molecule has 0 aliphatic heterocycles. The second-order valence-electron chi connectivity index (χ2n) is 7.91. The van der Waals surface area contributed by atoms with E-state index < -0.39 is 0 Å². The van der Waals surface area contributed by atoms with Gasteiger partial charge in [0.25, 0.3) is 5.91 Å². The summed E-state index contributed by atoms with van der Waals surface area (Å²) < 4.78 is 16.6. The van der Waals surface area contributed by atoms with Gasteiger partial charge in [-0.15, -0.1) is 0 Å². The molecule has 36 heavy (non-hydrogen) atoms. The zero-order valence-electron chi connectivity index (χ0n) is 20.8. The molecule has 0 bridgehead atoms. The number of nitriles is 1. The summed E-state index contributed by atoms with van der Waals surface area (Å²) in [6.45, 7) is 6.21. The van der Waals surface area contributed by atoms with Crippen LogP contribution in [0.2, 0.25) is 0 Å². The number of aromatic nitrogens is 1. The molecule has 1 aromatic heterocycles. The third kappa shape index (κ3) is 7.29. The van der Waals surface area contributed by atoms with E-state index in [1.807, 2.05) is 51.1 Å². The van der Waals surface area contributed by atoms with Crippen LogP contribution in [0.5, 0.6) is 11.5 Å². The van der Waals surface area contributed by atoms with E-state index in [-0.39, 0.29) is 12.5 Å². The van der Waals surface area contributed by atoms with E-state index >= 15 is 0 Å². The highest BCUT2D eigenvalue weighted by Crippen LogP contribution is 2.28. The van der Waals surface area contributed by atoms with Crippen LogP contribution < -0.4 is 20.2 Å². The van der Waals surface area contributed by atoms with Crippen LogP contribution in [0.3, 0.4) is 0 Å². The van der Waals surface area contributed by atoms with Gasteiger partial charge in [-0.1, -0.05) is 12.1 Å². The number of methoxy groups -OCH3 is 1. The minimum absolute atomic E-state index is 0.164. The molecule has 3 aromatic rings. The molecule has 0 saturated carbocycles. The average molecular weight is 488 g/mol. The molecule has 186 valence electrons. The van der Waals surface area contributed by atoms with Gasteiger partial charge in [0, 0.05) is 24.1 Å². The van der Waals surface area contributed by atoms with Crippen molar-refractivity contribution >= 4 is 23.6 Å². The van der Waals surface area contributed by atoms with E-state index in [0.29, 0.717) is 41.8 Å². The Morgan fingerprint density at radius 1 is 1.14 bits per heavy atom. The SMILES string of the molecule is CCOc1cc(/C=N/Nc2nc(C)cc(COC)c2C#N)ccc1OCC(=O)Nc1cccc(C)c1. The summed E-state index contributed by atoms with van der Waals surface area (Å²) >= 11 is 0. The lowest BCUT2D eigenvalue weighted by Crippen LogP contribution is -2.20. The molecule has 0 spiro atoms. The van der Waals surface area contributed by atoms with E-state index in [1.165, 1.54) is 0 Å². The zero-order chi connectivity index (χ0) is 25.9.